The maximum atomic E-state index is 11.3. The van der Waals surface area contributed by atoms with Gasteiger partial charge in [-0.1, -0.05) is 12.1 Å². The lowest BCUT2D eigenvalue weighted by Crippen LogP contribution is -2.42. The number of piperidine rings is 1. The molecule has 0 aromatic heterocycles. The van der Waals surface area contributed by atoms with E-state index in [2.05, 4.69) is 16.0 Å². The molecule has 1 saturated heterocycles. The Morgan fingerprint density at radius 3 is 2.62 bits per heavy atom. The summed E-state index contributed by atoms with van der Waals surface area (Å²) in [6.45, 7) is 2.13. The van der Waals surface area contributed by atoms with E-state index in [1.807, 2.05) is 24.3 Å². The van der Waals surface area contributed by atoms with Gasteiger partial charge in [-0.05, 0) is 44.0 Å². The highest BCUT2D eigenvalue weighted by molar-refractivity contribution is 8.00. The Bertz CT molecular complexity index is 492. The van der Waals surface area contributed by atoms with Crippen LogP contribution in [0.1, 0.15) is 19.3 Å². The number of para-hydroxylation sites is 2. The predicted molar refractivity (Wildman–Crippen MR) is 86.7 cm³/mol. The van der Waals surface area contributed by atoms with E-state index < -0.39 is 11.0 Å². The lowest BCUT2D eigenvalue weighted by atomic mass is 10.0. The highest BCUT2D eigenvalue weighted by atomic mass is 32.2. The Morgan fingerprint density at radius 2 is 2.05 bits per heavy atom. The number of benzene rings is 1. The number of hydrogen-bond acceptors (Lipinski definition) is 5. The van der Waals surface area contributed by atoms with Gasteiger partial charge in [0.2, 0.25) is 0 Å². The van der Waals surface area contributed by atoms with Crippen LogP contribution in [0.25, 0.3) is 0 Å². The van der Waals surface area contributed by atoms with Crippen LogP contribution in [0.3, 0.4) is 0 Å². The van der Waals surface area contributed by atoms with Crippen molar-refractivity contribution in [1.82, 2.24) is 5.32 Å². The number of thioether (sulfide) groups is 1. The van der Waals surface area contributed by atoms with Crippen molar-refractivity contribution in [2.24, 2.45) is 5.92 Å². The fourth-order valence-corrected chi connectivity index (χ4v) is 4.31. The van der Waals surface area contributed by atoms with Gasteiger partial charge in [0.1, 0.15) is 0 Å². The van der Waals surface area contributed by atoms with Gasteiger partial charge in [-0.2, -0.15) is 0 Å². The molecule has 1 aromatic rings. The first-order chi connectivity index (χ1) is 10.2. The normalized spacial score (nSPS) is 23.0. The molecule has 0 saturated carbocycles. The van der Waals surface area contributed by atoms with E-state index in [0.717, 1.165) is 30.2 Å². The summed E-state index contributed by atoms with van der Waals surface area (Å²) in [5.74, 6) is 0.771. The van der Waals surface area contributed by atoms with Gasteiger partial charge in [0.25, 0.3) is 0 Å². The molecule has 0 amide bonds. The van der Waals surface area contributed by atoms with E-state index in [1.54, 1.807) is 11.8 Å². The van der Waals surface area contributed by atoms with Gasteiger partial charge in [-0.15, -0.1) is 11.8 Å². The van der Waals surface area contributed by atoms with Crippen LogP contribution in [0, 0.1) is 5.92 Å². The Balaban J connectivity index is 1.68. The standard InChI is InChI=1S/C15H21N3O2S/c19-14(20)8-15(21-10-11-4-3-7-16-9-11)17-12-5-1-2-6-13(12)18-15/h1-2,5-6,11,16-18H,3-4,7-10H2,(H,19,20). The van der Waals surface area contributed by atoms with Crippen LogP contribution in [-0.4, -0.2) is 34.9 Å². The van der Waals surface area contributed by atoms with Crippen LogP contribution in [0.15, 0.2) is 24.3 Å². The highest BCUT2D eigenvalue weighted by Gasteiger charge is 2.39. The van der Waals surface area contributed by atoms with Crippen molar-refractivity contribution in [3.63, 3.8) is 0 Å². The summed E-state index contributed by atoms with van der Waals surface area (Å²) in [6.07, 6.45) is 2.47. The number of nitrogens with one attached hydrogen (secondary N) is 3. The second kappa shape index (κ2) is 6.15. The average molecular weight is 307 g/mol. The molecule has 0 bridgehead atoms. The predicted octanol–water partition coefficient (Wildman–Crippen LogP) is 2.39. The molecular formula is C15H21N3O2S. The maximum absolute atomic E-state index is 11.3. The van der Waals surface area contributed by atoms with E-state index in [1.165, 1.54) is 12.8 Å². The van der Waals surface area contributed by atoms with Crippen molar-refractivity contribution in [3.05, 3.63) is 24.3 Å². The fraction of sp³-hybridized carbons (Fsp3) is 0.533. The molecule has 0 radical (unpaired) electrons. The van der Waals surface area contributed by atoms with Gasteiger partial charge in [0.15, 0.2) is 4.99 Å². The summed E-state index contributed by atoms with van der Waals surface area (Å²) in [7, 11) is 0. The summed E-state index contributed by atoms with van der Waals surface area (Å²) in [6, 6.07) is 7.88. The van der Waals surface area contributed by atoms with Gasteiger partial charge >= 0.3 is 5.97 Å². The minimum Gasteiger partial charge on any atom is -0.481 e. The monoisotopic (exact) mass is 307 g/mol. The molecule has 3 rings (SSSR count). The molecule has 0 aliphatic carbocycles. The zero-order chi connectivity index (χ0) is 14.7. The Hall–Kier alpha value is -1.40. The molecule has 5 nitrogen and oxygen atoms in total. The molecular weight excluding hydrogens is 286 g/mol. The molecule has 4 N–H and O–H groups in total. The molecule has 1 unspecified atom stereocenters. The van der Waals surface area contributed by atoms with Crippen molar-refractivity contribution in [3.8, 4) is 0 Å². The minimum absolute atomic E-state index is 0.0481. The van der Waals surface area contributed by atoms with Crippen LogP contribution in [0.5, 0.6) is 0 Å². The molecule has 6 heteroatoms. The highest BCUT2D eigenvalue weighted by Crippen LogP contribution is 2.42. The van der Waals surface area contributed by atoms with Crippen molar-refractivity contribution < 1.29 is 9.90 Å². The zero-order valence-electron chi connectivity index (χ0n) is 11.9. The largest absolute Gasteiger partial charge is 0.481 e. The molecule has 1 aromatic carbocycles. The number of carbonyl (C=O) groups is 1. The second-order valence-electron chi connectivity index (χ2n) is 5.72. The zero-order valence-corrected chi connectivity index (χ0v) is 12.7. The van der Waals surface area contributed by atoms with Gasteiger partial charge in [-0.3, -0.25) is 4.79 Å². The summed E-state index contributed by atoms with van der Waals surface area (Å²) in [5, 5.41) is 19.4. The SMILES string of the molecule is O=C(O)CC1(SCC2CCCNC2)Nc2ccccc2N1. The van der Waals surface area contributed by atoms with Gasteiger partial charge < -0.3 is 21.1 Å². The van der Waals surface area contributed by atoms with E-state index in [-0.39, 0.29) is 6.42 Å². The Kier molecular flexibility index (Phi) is 4.26. The number of fused-ring (bicyclic) bond motifs is 1. The third-order valence-electron chi connectivity index (χ3n) is 3.96. The first kappa shape index (κ1) is 14.5. The summed E-state index contributed by atoms with van der Waals surface area (Å²) < 4.78 is 0. The fourth-order valence-electron chi connectivity index (χ4n) is 2.92. The quantitative estimate of drug-likeness (QED) is 0.669. The number of hydrogen-bond donors (Lipinski definition) is 4. The van der Waals surface area contributed by atoms with E-state index in [4.69, 9.17) is 0 Å². The minimum atomic E-state index is -0.794. The van der Waals surface area contributed by atoms with Crippen LogP contribution >= 0.6 is 11.8 Å². The van der Waals surface area contributed by atoms with Crippen molar-refractivity contribution >= 4 is 29.1 Å². The van der Waals surface area contributed by atoms with Crippen LogP contribution in [0.4, 0.5) is 11.4 Å². The van der Waals surface area contributed by atoms with Crippen molar-refractivity contribution in [2.75, 3.05) is 29.5 Å². The molecule has 2 heterocycles. The Morgan fingerprint density at radius 1 is 1.33 bits per heavy atom. The molecule has 1 atom stereocenters. The third-order valence-corrected chi connectivity index (χ3v) is 5.44. The van der Waals surface area contributed by atoms with Crippen LogP contribution in [0.2, 0.25) is 0 Å². The number of carboxylic acids is 1. The smallest absolute Gasteiger partial charge is 0.308 e. The molecule has 114 valence electrons. The molecule has 1 fully saturated rings. The van der Waals surface area contributed by atoms with Gasteiger partial charge in [0.05, 0.1) is 17.8 Å². The molecule has 0 spiro atoms. The second-order valence-corrected chi connectivity index (χ2v) is 7.04. The number of aliphatic carboxylic acids is 1. The lowest BCUT2D eigenvalue weighted by Gasteiger charge is -2.31. The van der Waals surface area contributed by atoms with E-state index >= 15 is 0 Å². The third kappa shape index (κ3) is 3.44. The van der Waals surface area contributed by atoms with E-state index in [9.17, 15) is 9.90 Å². The van der Waals surface area contributed by atoms with Crippen molar-refractivity contribution in [2.45, 2.75) is 24.3 Å². The van der Waals surface area contributed by atoms with Gasteiger partial charge in [0, 0.05) is 5.75 Å². The first-order valence-electron chi connectivity index (χ1n) is 7.39. The summed E-state index contributed by atoms with van der Waals surface area (Å²) >= 11 is 1.68. The number of carboxylic acid groups (broad SMARTS) is 1. The molecule has 2 aliphatic heterocycles. The maximum Gasteiger partial charge on any atom is 0.308 e. The first-order valence-corrected chi connectivity index (χ1v) is 8.37. The molecule has 2 aliphatic rings. The number of rotatable bonds is 5. The van der Waals surface area contributed by atoms with Crippen LogP contribution < -0.4 is 16.0 Å². The summed E-state index contributed by atoms with van der Waals surface area (Å²) in [5.41, 5.74) is 1.96. The molecule has 21 heavy (non-hydrogen) atoms. The topological polar surface area (TPSA) is 73.4 Å². The lowest BCUT2D eigenvalue weighted by molar-refractivity contribution is -0.137. The average Bonchev–Trinajstić information content (AvgIpc) is 2.84. The number of anilines is 2. The van der Waals surface area contributed by atoms with Gasteiger partial charge in [-0.25, -0.2) is 0 Å². The summed E-state index contributed by atoms with van der Waals surface area (Å²) in [4.78, 5) is 10.6. The van der Waals surface area contributed by atoms with Crippen LogP contribution in [-0.2, 0) is 4.79 Å². The Labute approximate surface area is 128 Å². The van der Waals surface area contributed by atoms with E-state index in [0.29, 0.717) is 5.92 Å². The van der Waals surface area contributed by atoms with Crippen molar-refractivity contribution in [1.29, 1.82) is 0 Å².